The molecule has 39 heavy (non-hydrogen) atoms. The minimum Gasteiger partial charge on any atom is -0.494 e. The van der Waals surface area contributed by atoms with Crippen molar-refractivity contribution in [3.8, 4) is 11.5 Å². The monoisotopic (exact) mass is 533 g/mol. The first kappa shape index (κ1) is 25.0. The van der Waals surface area contributed by atoms with Gasteiger partial charge in [-0.1, -0.05) is 0 Å². The minimum atomic E-state index is -0.756. The Morgan fingerprint density at radius 3 is 2.28 bits per heavy atom. The number of nitro benzene ring substituents is 1. The first-order valence-electron chi connectivity index (χ1n) is 13.0. The fraction of sp³-hybridized carbons (Fsp3) is 0.429. The molecule has 0 radical (unpaired) electrons. The summed E-state index contributed by atoms with van der Waals surface area (Å²) in [5.74, 6) is -1.39. The molecular formula is C28H27N3O8. The number of ether oxygens (including phenoxy) is 2. The SMILES string of the molecule is COc1cc([N+](=O)[O-])ccc1N1C[C@H](C(=O)Oc2ccc(N3C(=O)[C@@H]4[C@H]5CC[C@@H](C5)[C@@H]4C3=O)c(C)c2)CC1=O. The maximum atomic E-state index is 13.2. The number of non-ortho nitro benzene ring substituents is 1. The number of carbonyl (C=O) groups is 4. The Morgan fingerprint density at radius 2 is 1.67 bits per heavy atom. The second-order valence-electron chi connectivity index (χ2n) is 10.8. The molecular weight excluding hydrogens is 506 g/mol. The lowest BCUT2D eigenvalue weighted by Crippen LogP contribution is -2.33. The molecule has 5 atom stereocenters. The molecule has 6 rings (SSSR count). The zero-order valence-corrected chi connectivity index (χ0v) is 21.5. The van der Waals surface area contributed by atoms with Crippen molar-refractivity contribution in [1.82, 2.24) is 0 Å². The Hall–Kier alpha value is -4.28. The lowest BCUT2D eigenvalue weighted by atomic mass is 9.81. The smallest absolute Gasteiger partial charge is 0.316 e. The van der Waals surface area contributed by atoms with Crippen molar-refractivity contribution in [2.75, 3.05) is 23.5 Å². The van der Waals surface area contributed by atoms with E-state index in [9.17, 15) is 29.3 Å². The quantitative estimate of drug-likeness (QED) is 0.181. The summed E-state index contributed by atoms with van der Waals surface area (Å²) < 4.78 is 10.8. The predicted molar refractivity (Wildman–Crippen MR) is 137 cm³/mol. The molecule has 11 heteroatoms. The van der Waals surface area contributed by atoms with E-state index in [4.69, 9.17) is 9.47 Å². The van der Waals surface area contributed by atoms with Crippen LogP contribution in [0.1, 0.15) is 31.2 Å². The van der Waals surface area contributed by atoms with Gasteiger partial charge in [-0.05, 0) is 67.9 Å². The van der Waals surface area contributed by atoms with E-state index >= 15 is 0 Å². The van der Waals surface area contributed by atoms with Gasteiger partial charge in [0.05, 0.1) is 47.2 Å². The Morgan fingerprint density at radius 1 is 1.00 bits per heavy atom. The summed E-state index contributed by atoms with van der Waals surface area (Å²) in [4.78, 5) is 65.3. The first-order chi connectivity index (χ1) is 18.7. The number of hydrogen-bond donors (Lipinski definition) is 0. The Bertz CT molecular complexity index is 1410. The second-order valence-corrected chi connectivity index (χ2v) is 10.8. The Kier molecular flexibility index (Phi) is 5.89. The van der Waals surface area contributed by atoms with Gasteiger partial charge in [-0.25, -0.2) is 4.90 Å². The van der Waals surface area contributed by atoms with Crippen molar-refractivity contribution in [2.45, 2.75) is 32.6 Å². The number of nitro groups is 1. The van der Waals surface area contributed by atoms with Crippen molar-refractivity contribution in [2.24, 2.45) is 29.6 Å². The number of aryl methyl sites for hydroxylation is 1. The van der Waals surface area contributed by atoms with Crippen molar-refractivity contribution >= 4 is 40.8 Å². The molecule has 0 N–H and O–H groups in total. The number of anilines is 2. The highest BCUT2D eigenvalue weighted by atomic mass is 16.6. The maximum Gasteiger partial charge on any atom is 0.316 e. The number of nitrogens with zero attached hydrogens (tertiary/aromatic N) is 3. The van der Waals surface area contributed by atoms with Crippen LogP contribution in [0.2, 0.25) is 0 Å². The van der Waals surface area contributed by atoms with Crippen LogP contribution in [-0.2, 0) is 19.2 Å². The van der Waals surface area contributed by atoms with Crippen LogP contribution in [0.25, 0.3) is 0 Å². The third-order valence-corrected chi connectivity index (χ3v) is 8.68. The van der Waals surface area contributed by atoms with Crippen LogP contribution in [0.4, 0.5) is 17.1 Å². The second kappa shape index (κ2) is 9.18. The van der Waals surface area contributed by atoms with Crippen molar-refractivity contribution < 1.29 is 33.6 Å². The molecule has 2 aromatic rings. The summed E-state index contributed by atoms with van der Waals surface area (Å²) in [6, 6.07) is 8.72. The number of methoxy groups -OCH3 is 1. The van der Waals surface area contributed by atoms with Gasteiger partial charge < -0.3 is 14.4 Å². The van der Waals surface area contributed by atoms with Crippen LogP contribution in [0.15, 0.2) is 36.4 Å². The number of hydrogen-bond acceptors (Lipinski definition) is 8. The number of rotatable bonds is 6. The molecule has 3 amide bonds. The van der Waals surface area contributed by atoms with Gasteiger partial charge in [0.15, 0.2) is 0 Å². The lowest BCUT2D eigenvalue weighted by molar-refractivity contribution is -0.384. The van der Waals surface area contributed by atoms with Gasteiger partial charge in [-0.3, -0.25) is 29.3 Å². The van der Waals surface area contributed by atoms with Crippen LogP contribution in [0.5, 0.6) is 11.5 Å². The summed E-state index contributed by atoms with van der Waals surface area (Å²) in [5, 5.41) is 11.1. The van der Waals surface area contributed by atoms with E-state index in [0.717, 1.165) is 19.3 Å². The average molecular weight is 534 g/mol. The molecule has 2 aliphatic heterocycles. The third kappa shape index (κ3) is 3.95. The number of amides is 3. The fourth-order valence-electron chi connectivity index (χ4n) is 6.89. The van der Waals surface area contributed by atoms with Crippen LogP contribution in [-0.4, -0.2) is 42.3 Å². The number of imide groups is 1. The zero-order chi connectivity index (χ0) is 27.6. The van der Waals surface area contributed by atoms with E-state index in [-0.39, 0.29) is 59.7 Å². The van der Waals surface area contributed by atoms with Gasteiger partial charge >= 0.3 is 5.97 Å². The summed E-state index contributed by atoms with van der Waals surface area (Å²) in [5.41, 5.74) is 1.30. The molecule has 202 valence electrons. The van der Waals surface area contributed by atoms with E-state index in [2.05, 4.69) is 0 Å². The van der Waals surface area contributed by atoms with E-state index in [1.165, 1.54) is 35.1 Å². The molecule has 2 saturated heterocycles. The molecule has 11 nitrogen and oxygen atoms in total. The van der Waals surface area contributed by atoms with Crippen molar-refractivity contribution in [3.05, 3.63) is 52.1 Å². The predicted octanol–water partition coefficient (Wildman–Crippen LogP) is 3.41. The van der Waals surface area contributed by atoms with Gasteiger partial charge in [0.1, 0.15) is 11.5 Å². The molecule has 0 aromatic heterocycles. The molecule has 2 aromatic carbocycles. The van der Waals surface area contributed by atoms with E-state index in [0.29, 0.717) is 28.8 Å². The molecule has 0 spiro atoms. The van der Waals surface area contributed by atoms with Crippen molar-refractivity contribution in [1.29, 1.82) is 0 Å². The Balaban J connectivity index is 1.15. The van der Waals surface area contributed by atoms with Crippen LogP contribution < -0.4 is 19.3 Å². The molecule has 2 bridgehead atoms. The number of fused-ring (bicyclic) bond motifs is 5. The zero-order valence-electron chi connectivity index (χ0n) is 21.5. The summed E-state index contributed by atoms with van der Waals surface area (Å²) >= 11 is 0. The minimum absolute atomic E-state index is 0.0325. The lowest BCUT2D eigenvalue weighted by Gasteiger charge is -2.20. The largest absolute Gasteiger partial charge is 0.494 e. The van der Waals surface area contributed by atoms with Gasteiger partial charge in [-0.2, -0.15) is 0 Å². The summed E-state index contributed by atoms with van der Waals surface area (Å²) in [6.07, 6.45) is 2.89. The van der Waals surface area contributed by atoms with E-state index in [1.54, 1.807) is 25.1 Å². The number of benzene rings is 2. The fourth-order valence-corrected chi connectivity index (χ4v) is 6.89. The normalized spacial score (nSPS) is 27.3. The molecule has 2 aliphatic carbocycles. The maximum absolute atomic E-state index is 13.2. The van der Waals surface area contributed by atoms with Crippen LogP contribution in [0.3, 0.4) is 0 Å². The van der Waals surface area contributed by atoms with E-state index in [1.807, 2.05) is 0 Å². The molecule has 2 saturated carbocycles. The molecule has 4 aliphatic rings. The standard InChI is InChI=1S/C28H27N3O8/c1-14-9-19(6-8-20(14)30-26(33)24-15-3-4-16(10-15)25(24)27(30)34)39-28(35)17-11-23(32)29(13-17)21-7-5-18(31(36)37)12-22(21)38-2/h5-9,12,15-17,24-25H,3-4,10-11,13H2,1-2H3/t15-,16-,17+,24-,25+/m0/s1. The summed E-state index contributed by atoms with van der Waals surface area (Å²) in [6.45, 7) is 1.79. The van der Waals surface area contributed by atoms with Gasteiger partial charge in [0.25, 0.3) is 5.69 Å². The highest BCUT2D eigenvalue weighted by Crippen LogP contribution is 2.56. The first-order valence-corrected chi connectivity index (χ1v) is 13.0. The highest BCUT2D eigenvalue weighted by Gasteiger charge is 2.61. The van der Waals surface area contributed by atoms with Crippen molar-refractivity contribution in [3.63, 3.8) is 0 Å². The van der Waals surface area contributed by atoms with Gasteiger partial charge in [0.2, 0.25) is 17.7 Å². The molecule has 2 heterocycles. The number of carbonyl (C=O) groups excluding carboxylic acids is 4. The summed E-state index contributed by atoms with van der Waals surface area (Å²) in [7, 11) is 1.35. The van der Waals surface area contributed by atoms with Gasteiger partial charge in [0, 0.05) is 19.0 Å². The van der Waals surface area contributed by atoms with Gasteiger partial charge in [-0.15, -0.1) is 0 Å². The average Bonchev–Trinajstić information content (AvgIpc) is 3.68. The molecule has 4 fully saturated rings. The topological polar surface area (TPSA) is 136 Å². The number of esters is 1. The van der Waals surface area contributed by atoms with Crippen LogP contribution >= 0.6 is 0 Å². The van der Waals surface area contributed by atoms with Crippen LogP contribution in [0, 0.1) is 46.6 Å². The van der Waals surface area contributed by atoms with E-state index < -0.39 is 16.8 Å². The third-order valence-electron chi connectivity index (χ3n) is 8.68. The Labute approximate surface area is 223 Å². The molecule has 0 unspecified atom stereocenters. The highest BCUT2D eigenvalue weighted by molar-refractivity contribution is 6.23.